The Morgan fingerprint density at radius 1 is 1.01 bits per heavy atom. The van der Waals surface area contributed by atoms with Crippen molar-refractivity contribution in [3.63, 3.8) is 0 Å². The van der Waals surface area contributed by atoms with Gasteiger partial charge in [-0.2, -0.15) is 0 Å². The molecular weight excluding hydrogens is 995 g/mol. The van der Waals surface area contributed by atoms with Crippen LogP contribution in [0.1, 0.15) is 145 Å². The van der Waals surface area contributed by atoms with E-state index in [1.54, 1.807) is 29.0 Å². The van der Waals surface area contributed by atoms with Crippen LogP contribution in [0.4, 0.5) is 5.69 Å². The first-order valence-electron chi connectivity index (χ1n) is 28.5. The molecule has 0 radical (unpaired) electrons. The largest absolute Gasteiger partial charge is 0.507 e. The lowest BCUT2D eigenvalue weighted by Crippen LogP contribution is -2.46. The zero-order valence-corrected chi connectivity index (χ0v) is 46.5. The number of nitrogens with two attached hydrogens (primary N) is 1. The van der Waals surface area contributed by atoms with Gasteiger partial charge in [-0.25, -0.2) is 9.98 Å². The minimum Gasteiger partial charge on any atom is -0.507 e. The molecule has 2 aromatic carbocycles. The summed E-state index contributed by atoms with van der Waals surface area (Å²) >= 11 is 3.28. The Balaban J connectivity index is 1.07. The highest BCUT2D eigenvalue weighted by Gasteiger charge is 2.66. The summed E-state index contributed by atoms with van der Waals surface area (Å²) in [5.41, 5.74) is 12.6. The molecule has 5 heterocycles. The number of nitrogens with one attached hydrogen (secondary N) is 4. The average Bonchev–Trinajstić information content (AvgIpc) is 4.47. The third kappa shape index (κ3) is 9.77. The third-order valence-corrected chi connectivity index (χ3v) is 22.0. The summed E-state index contributed by atoms with van der Waals surface area (Å²) in [5.74, 6) is 15.0. The number of rotatable bonds is 10. The number of aromatic hydroxyl groups is 1. The number of carbonyl (C=O) groups excluding carboxylic acids is 1. The highest BCUT2D eigenvalue weighted by molar-refractivity contribution is 7.23. The molecule has 11 nitrogen and oxygen atoms in total. The lowest BCUT2D eigenvalue weighted by atomic mass is 9.57. The van der Waals surface area contributed by atoms with Gasteiger partial charge in [0.15, 0.2) is 11.7 Å². The molecule has 0 amide bonds. The first kappa shape index (κ1) is 52.1. The second-order valence-electron chi connectivity index (χ2n) is 24.3. The number of aromatic amines is 1. The fourth-order valence-electron chi connectivity index (χ4n) is 16.3. The highest BCUT2D eigenvalue weighted by atomic mass is 32.1. The van der Waals surface area contributed by atoms with Gasteiger partial charge in [0, 0.05) is 64.5 Å². The van der Waals surface area contributed by atoms with E-state index in [4.69, 9.17) is 10.7 Å². The number of aliphatic hydroxyl groups is 2. The maximum absolute atomic E-state index is 15.9. The summed E-state index contributed by atoms with van der Waals surface area (Å²) in [5, 5.41) is 47.8. The summed E-state index contributed by atoms with van der Waals surface area (Å²) in [7, 11) is 2.03. The number of hydrogen-bond donors (Lipinski definition) is 8. The molecule has 0 saturated heterocycles. The smallest absolute Gasteiger partial charge is 0.189 e. The quantitative estimate of drug-likeness (QED) is 0.0292. The van der Waals surface area contributed by atoms with Crippen molar-refractivity contribution in [2.24, 2.45) is 57.1 Å². The topological polar surface area (TPSA) is 181 Å². The maximum atomic E-state index is 15.9. The summed E-state index contributed by atoms with van der Waals surface area (Å²) in [6.07, 6.45) is 21.3. The number of carbonyl (C=O) groups is 1. The zero-order chi connectivity index (χ0) is 53.1. The van der Waals surface area contributed by atoms with Gasteiger partial charge in [0.05, 0.1) is 45.0 Å². The van der Waals surface area contributed by atoms with E-state index in [0.717, 1.165) is 112 Å². The van der Waals surface area contributed by atoms with Crippen LogP contribution in [0.25, 0.3) is 15.8 Å². The number of hydrogen-bond acceptors (Lipinski definition) is 10. The number of phenols is 1. The number of fused-ring (bicyclic) bond motifs is 8. The van der Waals surface area contributed by atoms with Crippen molar-refractivity contribution in [2.75, 3.05) is 25.5 Å². The first-order valence-corrected chi connectivity index (χ1v) is 30.2. The lowest BCUT2D eigenvalue weighted by Gasteiger charge is -2.47. The van der Waals surface area contributed by atoms with Crippen molar-refractivity contribution in [3.05, 3.63) is 116 Å². The predicted octanol–water partition coefficient (Wildman–Crippen LogP) is 10.3. The van der Waals surface area contributed by atoms with E-state index in [-0.39, 0.29) is 71.1 Å². The number of anilines is 1. The van der Waals surface area contributed by atoms with Gasteiger partial charge in [-0.1, -0.05) is 67.4 Å². The van der Waals surface area contributed by atoms with Crippen molar-refractivity contribution >= 4 is 46.2 Å². The standard InChI is InChI=1S/C64H75N7O4S2/c1-4-9-46-16-20-55(76-46)56-21-22-57(77-56)60(74)50-19-15-41-31-63(50)32-51(64(36-63)25-24-42(33-66-3)52(64)35-72)39-14-17-47-43(27-53(41)70-61(65)69-44-12-6-5-7-13-44)28-54(73)48-18-23-58(71-59(47)48)62(2,75)30-40-11-8-10-38(26-39)49(40)29-45-34-67-37-68-45/h8,10-11,16,18,20-23,28,34,37,39,41-42,44,50-53,58,66,71-73,75H,5-7,12-13,15,19,24-27,29-33,35-36H2,1-3H3,(H,67,68)(H3,65,69,70)/t39-,41+,42+,50+,51+,52-,53+,58+,62-,63-,64-/m1/s1. The van der Waals surface area contributed by atoms with Gasteiger partial charge in [0.25, 0.3) is 0 Å². The molecular formula is C64H75N7O4S2. The number of guanidine groups is 1. The summed E-state index contributed by atoms with van der Waals surface area (Å²) in [6, 6.07) is 16.4. The number of aliphatic imine (C=N–C) groups is 1. The van der Waals surface area contributed by atoms with Gasteiger partial charge in [0.2, 0.25) is 0 Å². The number of ketones is 1. The van der Waals surface area contributed by atoms with Crippen molar-refractivity contribution in [3.8, 4) is 39.2 Å². The summed E-state index contributed by atoms with van der Waals surface area (Å²) < 4.78 is 0. The van der Waals surface area contributed by atoms with Gasteiger partial charge < -0.3 is 42.0 Å². The van der Waals surface area contributed by atoms with E-state index in [1.165, 1.54) is 30.4 Å². The molecule has 9 N–H and O–H groups in total. The number of aliphatic hydroxyl groups excluding tert-OH is 1. The van der Waals surface area contributed by atoms with E-state index in [0.29, 0.717) is 37.2 Å². The van der Waals surface area contributed by atoms with Crippen molar-refractivity contribution in [1.29, 1.82) is 0 Å². The average molecular weight is 1070 g/mol. The minimum atomic E-state index is -1.24. The molecule has 2 spiro atoms. The Morgan fingerprint density at radius 2 is 1.84 bits per heavy atom. The fourth-order valence-corrected chi connectivity index (χ4v) is 18.3. The molecule has 4 fully saturated rings. The van der Waals surface area contributed by atoms with Crippen LogP contribution in [0.5, 0.6) is 5.75 Å². The zero-order valence-electron chi connectivity index (χ0n) is 44.9. The molecule has 402 valence electrons. The molecule has 77 heavy (non-hydrogen) atoms. The van der Waals surface area contributed by atoms with Gasteiger partial charge in [-0.15, -0.1) is 28.6 Å². The Kier molecular flexibility index (Phi) is 14.3. The van der Waals surface area contributed by atoms with E-state index >= 15 is 4.79 Å². The first-order chi connectivity index (χ1) is 37.4. The fraction of sp³-hybridized carbons (Fsp3) is 0.516. The van der Waals surface area contributed by atoms with Crippen LogP contribution < -0.4 is 21.7 Å². The second kappa shape index (κ2) is 21.2. The molecule has 5 aliphatic carbocycles. The molecule has 0 unspecified atom stereocenters. The molecule has 11 atom stereocenters. The molecule has 3 aromatic heterocycles. The normalized spacial score (nSPS) is 31.4. The second-order valence-corrected chi connectivity index (χ2v) is 26.4. The Hall–Kier alpha value is -5.67. The van der Waals surface area contributed by atoms with E-state index in [1.807, 2.05) is 45.3 Å². The van der Waals surface area contributed by atoms with Crippen LogP contribution in [0.3, 0.4) is 0 Å². The van der Waals surface area contributed by atoms with Gasteiger partial charge in [0.1, 0.15) is 5.75 Å². The molecule has 13 heteroatoms. The Labute approximate surface area is 462 Å². The summed E-state index contributed by atoms with van der Waals surface area (Å²) in [6.45, 7) is 4.65. The number of nitrogens with zero attached hydrogens (tertiary/aromatic N) is 2. The number of thiophene rings is 2. The van der Waals surface area contributed by atoms with Crippen LogP contribution in [0.15, 0.2) is 72.1 Å². The number of Topliss-reactive ketones (excluding diaryl/α,β-unsaturated/α-hetero) is 1. The number of phenolic OH excluding ortho intramolecular Hbond substituents is 1. The molecule has 2 aliphatic heterocycles. The molecule has 12 rings (SSSR count). The van der Waals surface area contributed by atoms with Crippen LogP contribution in [0.2, 0.25) is 0 Å². The van der Waals surface area contributed by atoms with Crippen LogP contribution in [-0.4, -0.2) is 81.0 Å². The molecule has 9 bridgehead atoms. The lowest BCUT2D eigenvalue weighted by molar-refractivity contribution is 0.0169. The molecule has 7 aliphatic rings. The number of aromatic nitrogens is 2. The van der Waals surface area contributed by atoms with Gasteiger partial charge in [-0.05, 0) is 185 Å². The van der Waals surface area contributed by atoms with Crippen LogP contribution in [-0.2, 0) is 25.7 Å². The number of benzene rings is 2. The van der Waals surface area contributed by atoms with Gasteiger partial charge >= 0.3 is 0 Å². The monoisotopic (exact) mass is 1070 g/mol. The molecule has 4 saturated carbocycles. The van der Waals surface area contributed by atoms with Crippen LogP contribution >= 0.6 is 22.7 Å². The van der Waals surface area contributed by atoms with E-state index < -0.39 is 17.1 Å². The highest BCUT2D eigenvalue weighted by Crippen LogP contribution is 2.71. The summed E-state index contributed by atoms with van der Waals surface area (Å²) in [4.78, 5) is 33.3. The number of H-pyrrole nitrogens is 1. The SMILES string of the molecule is CC#Cc1ccc(-c2ccc(C(=O)[C@@H]3CC[C@H]4C[C@]35C[C@@H]([C@@H]3C#Cc6c(cc(O)c7c6N[C@@H](C=C7)[C@](C)(O)Cc6cccc(c6Cc6cnc[nH]6)C3)C[C@@H]4N=C(N)NC3CCCCC3)[C@@]3(CC[C@@H](CNC)[C@H]3CO)C5)s2)s1. The predicted molar refractivity (Wildman–Crippen MR) is 310 cm³/mol. The number of imidazole rings is 1. The van der Waals surface area contributed by atoms with Crippen molar-refractivity contribution < 1.29 is 20.1 Å². The maximum Gasteiger partial charge on any atom is 0.189 e. The van der Waals surface area contributed by atoms with E-state index in [9.17, 15) is 15.3 Å². The third-order valence-electron chi connectivity index (χ3n) is 19.7. The molecule has 5 aromatic rings. The van der Waals surface area contributed by atoms with Crippen molar-refractivity contribution in [1.82, 2.24) is 20.6 Å². The Morgan fingerprint density at radius 3 is 2.65 bits per heavy atom. The van der Waals surface area contributed by atoms with Crippen LogP contribution in [0, 0.1) is 70.0 Å². The van der Waals surface area contributed by atoms with E-state index in [2.05, 4.69) is 92.1 Å². The van der Waals surface area contributed by atoms with Crippen molar-refractivity contribution in [2.45, 2.75) is 140 Å². The van der Waals surface area contributed by atoms with Gasteiger partial charge in [-0.3, -0.25) is 4.79 Å². The Bertz CT molecular complexity index is 3220. The minimum absolute atomic E-state index is 0.000782.